The second-order valence-electron chi connectivity index (χ2n) is 8.76. The molecule has 2 aliphatic heterocycles. The first-order chi connectivity index (χ1) is 14.4. The lowest BCUT2D eigenvalue weighted by Crippen LogP contribution is -2.49. The number of carbonyl (C=O) groups is 3. The van der Waals surface area contributed by atoms with Gasteiger partial charge < -0.3 is 15.5 Å². The first kappa shape index (κ1) is 20.4. The molecule has 7 nitrogen and oxygen atoms in total. The zero-order chi connectivity index (χ0) is 21.4. The molecule has 0 bridgehead atoms. The molecule has 3 aliphatic rings. The molecule has 2 atom stereocenters. The Morgan fingerprint density at radius 3 is 2.50 bits per heavy atom. The fourth-order valence-electron chi connectivity index (χ4n) is 4.34. The molecule has 7 heteroatoms. The van der Waals surface area contributed by atoms with Gasteiger partial charge >= 0.3 is 6.03 Å². The van der Waals surface area contributed by atoms with Gasteiger partial charge in [0.15, 0.2) is 0 Å². The van der Waals surface area contributed by atoms with E-state index in [1.807, 2.05) is 37.3 Å². The van der Waals surface area contributed by atoms with Crippen molar-refractivity contribution in [2.24, 2.45) is 5.92 Å². The molecule has 0 unspecified atom stereocenters. The topological polar surface area (TPSA) is 81.8 Å². The number of urea groups is 1. The van der Waals surface area contributed by atoms with Crippen molar-refractivity contribution in [2.75, 3.05) is 13.1 Å². The van der Waals surface area contributed by atoms with Crippen molar-refractivity contribution in [1.29, 1.82) is 0 Å². The highest BCUT2D eigenvalue weighted by Gasteiger charge is 2.47. The van der Waals surface area contributed by atoms with E-state index in [9.17, 15) is 14.4 Å². The Labute approximate surface area is 177 Å². The third kappa shape index (κ3) is 3.80. The molecule has 4 rings (SSSR count). The van der Waals surface area contributed by atoms with E-state index in [1.54, 1.807) is 9.80 Å². The summed E-state index contributed by atoms with van der Waals surface area (Å²) in [7, 11) is 0. The lowest BCUT2D eigenvalue weighted by Gasteiger charge is -2.32. The predicted octanol–water partition coefficient (Wildman–Crippen LogP) is 2.56. The van der Waals surface area contributed by atoms with Crippen molar-refractivity contribution in [3.05, 3.63) is 47.2 Å². The zero-order valence-corrected chi connectivity index (χ0v) is 17.9. The fraction of sp³-hybridized carbons (Fsp3) is 0.522. The van der Waals surface area contributed by atoms with Crippen molar-refractivity contribution in [3.8, 4) is 0 Å². The Kier molecular flexibility index (Phi) is 5.54. The molecule has 1 aliphatic carbocycles. The molecule has 0 radical (unpaired) electrons. The quantitative estimate of drug-likeness (QED) is 0.725. The van der Waals surface area contributed by atoms with Crippen LogP contribution >= 0.6 is 0 Å². The van der Waals surface area contributed by atoms with Crippen molar-refractivity contribution in [2.45, 2.75) is 58.2 Å². The van der Waals surface area contributed by atoms with Gasteiger partial charge in [-0.2, -0.15) is 0 Å². The molecule has 1 fully saturated rings. The molecule has 4 amide bonds. The van der Waals surface area contributed by atoms with Gasteiger partial charge in [-0.25, -0.2) is 4.79 Å². The number of nitrogens with one attached hydrogen (secondary N) is 2. The maximum absolute atomic E-state index is 13.6. The number of likely N-dealkylation sites (N-methyl/N-ethyl adjacent to an activating group) is 1. The van der Waals surface area contributed by atoms with Crippen LogP contribution in [-0.4, -0.2) is 52.8 Å². The summed E-state index contributed by atoms with van der Waals surface area (Å²) in [5.41, 5.74) is 2.16. The van der Waals surface area contributed by atoms with E-state index in [2.05, 4.69) is 24.5 Å². The van der Waals surface area contributed by atoms with E-state index in [-0.39, 0.29) is 36.3 Å². The summed E-state index contributed by atoms with van der Waals surface area (Å²) in [5.74, 6) is 0.0178. The highest BCUT2D eigenvalue weighted by Crippen LogP contribution is 2.37. The summed E-state index contributed by atoms with van der Waals surface area (Å²) in [6, 6.07) is 8.53. The third-order valence-corrected chi connectivity index (χ3v) is 6.00. The minimum atomic E-state index is -0.533. The number of rotatable bonds is 7. The Bertz CT molecular complexity index is 876. The summed E-state index contributed by atoms with van der Waals surface area (Å²) < 4.78 is 0. The Morgan fingerprint density at radius 2 is 1.90 bits per heavy atom. The van der Waals surface area contributed by atoms with Crippen LogP contribution in [0.3, 0.4) is 0 Å². The predicted molar refractivity (Wildman–Crippen MR) is 113 cm³/mol. The van der Waals surface area contributed by atoms with Gasteiger partial charge in [0.25, 0.3) is 5.91 Å². The van der Waals surface area contributed by atoms with Crippen LogP contribution in [0.25, 0.3) is 0 Å². The molecule has 0 aromatic heterocycles. The van der Waals surface area contributed by atoms with Crippen LogP contribution in [0.2, 0.25) is 0 Å². The summed E-state index contributed by atoms with van der Waals surface area (Å²) in [5, 5.41) is 6.06. The minimum Gasteiger partial charge on any atom is -0.352 e. The first-order valence-electron chi connectivity index (χ1n) is 10.9. The number of benzene rings is 1. The van der Waals surface area contributed by atoms with Crippen LogP contribution in [0.15, 0.2) is 41.6 Å². The monoisotopic (exact) mass is 410 g/mol. The van der Waals surface area contributed by atoms with Gasteiger partial charge in [-0.05, 0) is 37.7 Å². The molecule has 0 saturated heterocycles. The molecular formula is C23H30N4O3. The lowest BCUT2D eigenvalue weighted by molar-refractivity contribution is -0.137. The molecule has 160 valence electrons. The van der Waals surface area contributed by atoms with E-state index in [0.29, 0.717) is 24.2 Å². The van der Waals surface area contributed by atoms with Crippen LogP contribution in [0.4, 0.5) is 4.79 Å². The number of nitrogens with zero attached hydrogens (tertiary/aromatic N) is 2. The average molecular weight is 411 g/mol. The SMILES string of the molecule is CCN1C(=O)N[C@@H](c2ccccc2)C2=C1CN([C@H](CC(C)C)C(=O)NC1CC1)C2=O. The van der Waals surface area contributed by atoms with Crippen molar-refractivity contribution in [1.82, 2.24) is 20.4 Å². The van der Waals surface area contributed by atoms with Crippen molar-refractivity contribution in [3.63, 3.8) is 0 Å². The number of hydrogen-bond acceptors (Lipinski definition) is 3. The van der Waals surface area contributed by atoms with E-state index < -0.39 is 12.1 Å². The molecule has 30 heavy (non-hydrogen) atoms. The van der Waals surface area contributed by atoms with Crippen LogP contribution in [0.1, 0.15) is 51.6 Å². The van der Waals surface area contributed by atoms with Gasteiger partial charge in [-0.15, -0.1) is 0 Å². The maximum Gasteiger partial charge on any atom is 0.322 e. The third-order valence-electron chi connectivity index (χ3n) is 6.00. The molecule has 1 saturated carbocycles. The second-order valence-corrected chi connectivity index (χ2v) is 8.76. The molecular weight excluding hydrogens is 380 g/mol. The normalized spacial score (nSPS) is 22.3. The molecule has 1 aromatic rings. The van der Waals surface area contributed by atoms with Crippen molar-refractivity contribution < 1.29 is 14.4 Å². The van der Waals surface area contributed by atoms with Crippen LogP contribution in [-0.2, 0) is 9.59 Å². The number of carbonyl (C=O) groups excluding carboxylic acids is 3. The van der Waals surface area contributed by atoms with Gasteiger partial charge in [-0.3, -0.25) is 14.5 Å². The van der Waals surface area contributed by atoms with E-state index in [1.165, 1.54) is 0 Å². The van der Waals surface area contributed by atoms with E-state index in [4.69, 9.17) is 0 Å². The fourth-order valence-corrected chi connectivity index (χ4v) is 4.34. The maximum atomic E-state index is 13.6. The summed E-state index contributed by atoms with van der Waals surface area (Å²) in [6.45, 7) is 6.76. The average Bonchev–Trinajstić information content (AvgIpc) is 3.47. The number of hydrogen-bond donors (Lipinski definition) is 2. The highest BCUT2D eigenvalue weighted by molar-refractivity contribution is 6.03. The summed E-state index contributed by atoms with van der Waals surface area (Å²) in [4.78, 5) is 42.7. The first-order valence-corrected chi connectivity index (χ1v) is 10.9. The standard InChI is InChI=1S/C23H30N4O3/c1-4-26-18-13-27(17(12-14(2)3)21(28)24-16-10-11-16)22(29)19(18)20(25-23(26)30)15-8-6-5-7-9-15/h5-9,14,16-17,20H,4,10-13H2,1-3H3,(H,24,28)(H,25,30)/t17-,20+/m1/s1. The second kappa shape index (κ2) is 8.13. The molecule has 0 spiro atoms. The molecule has 2 N–H and O–H groups in total. The van der Waals surface area contributed by atoms with E-state index >= 15 is 0 Å². The largest absolute Gasteiger partial charge is 0.352 e. The van der Waals surface area contributed by atoms with Gasteiger partial charge in [0.2, 0.25) is 5.91 Å². The van der Waals surface area contributed by atoms with Gasteiger partial charge in [0, 0.05) is 12.6 Å². The highest BCUT2D eigenvalue weighted by atomic mass is 16.2. The van der Waals surface area contributed by atoms with Crippen LogP contribution in [0, 0.1) is 5.92 Å². The Morgan fingerprint density at radius 1 is 1.20 bits per heavy atom. The van der Waals surface area contributed by atoms with Crippen LogP contribution < -0.4 is 10.6 Å². The van der Waals surface area contributed by atoms with E-state index in [0.717, 1.165) is 18.4 Å². The van der Waals surface area contributed by atoms with Gasteiger partial charge in [-0.1, -0.05) is 44.2 Å². The number of amides is 4. The van der Waals surface area contributed by atoms with Gasteiger partial charge in [0.05, 0.1) is 23.9 Å². The Balaban J connectivity index is 1.68. The molecule has 2 heterocycles. The summed E-state index contributed by atoms with van der Waals surface area (Å²) >= 11 is 0. The smallest absolute Gasteiger partial charge is 0.322 e. The van der Waals surface area contributed by atoms with Crippen LogP contribution in [0.5, 0.6) is 0 Å². The van der Waals surface area contributed by atoms with Crippen molar-refractivity contribution >= 4 is 17.8 Å². The zero-order valence-electron chi connectivity index (χ0n) is 17.9. The summed E-state index contributed by atoms with van der Waals surface area (Å²) in [6.07, 6.45) is 2.59. The minimum absolute atomic E-state index is 0.0852. The molecule has 1 aromatic carbocycles. The van der Waals surface area contributed by atoms with Gasteiger partial charge in [0.1, 0.15) is 6.04 Å². The lowest BCUT2D eigenvalue weighted by atomic mass is 9.95. The Hall–Kier alpha value is -2.83.